The Morgan fingerprint density at radius 2 is 1.94 bits per heavy atom. The van der Waals surface area contributed by atoms with E-state index in [0.29, 0.717) is 28.2 Å². The molecule has 164 valence electrons. The number of phenols is 1. The third-order valence-electron chi connectivity index (χ3n) is 5.81. The molecular formula is C22H26ClN5O3. The van der Waals surface area contributed by atoms with Crippen molar-refractivity contribution < 1.29 is 14.6 Å². The highest BCUT2D eigenvalue weighted by molar-refractivity contribution is 6.32. The van der Waals surface area contributed by atoms with E-state index in [4.69, 9.17) is 32.8 Å². The summed E-state index contributed by atoms with van der Waals surface area (Å²) in [6.45, 7) is 7.25. The number of fused-ring (bicyclic) bond motifs is 1. The molecule has 1 saturated heterocycles. The monoisotopic (exact) mass is 443 g/mol. The number of primary amides is 1. The zero-order chi connectivity index (χ0) is 22.4. The number of nitrogens with zero attached hydrogens (tertiary/aromatic N) is 2. The Morgan fingerprint density at radius 3 is 2.58 bits per heavy atom. The Kier molecular flexibility index (Phi) is 5.45. The van der Waals surface area contributed by atoms with Crippen LogP contribution in [0.5, 0.6) is 11.6 Å². The van der Waals surface area contributed by atoms with Crippen LogP contribution < -0.4 is 21.5 Å². The SMILES string of the molecule is Cc1cc2c(C(N)=O)c(N)n(-c3c(C)cc(Cl)c(O)c3C)c2nc1OC1CCNCC1. The Labute approximate surface area is 185 Å². The molecule has 1 aliphatic rings. The van der Waals surface area contributed by atoms with E-state index in [1.165, 1.54) is 0 Å². The second kappa shape index (κ2) is 7.94. The van der Waals surface area contributed by atoms with Gasteiger partial charge in [-0.1, -0.05) is 11.6 Å². The maximum Gasteiger partial charge on any atom is 0.253 e. The molecule has 0 aliphatic carbocycles. The van der Waals surface area contributed by atoms with Crippen LogP contribution in [0.3, 0.4) is 0 Å². The zero-order valence-corrected chi connectivity index (χ0v) is 18.5. The molecule has 0 bridgehead atoms. The maximum atomic E-state index is 12.3. The predicted molar refractivity (Wildman–Crippen MR) is 121 cm³/mol. The largest absolute Gasteiger partial charge is 0.506 e. The Bertz CT molecular complexity index is 1200. The van der Waals surface area contributed by atoms with Gasteiger partial charge >= 0.3 is 0 Å². The van der Waals surface area contributed by atoms with E-state index in [1.54, 1.807) is 17.6 Å². The molecule has 0 atom stereocenters. The van der Waals surface area contributed by atoms with E-state index in [0.717, 1.165) is 37.1 Å². The van der Waals surface area contributed by atoms with Crippen molar-refractivity contribution in [3.63, 3.8) is 0 Å². The van der Waals surface area contributed by atoms with Crippen LogP contribution in [-0.4, -0.2) is 39.8 Å². The summed E-state index contributed by atoms with van der Waals surface area (Å²) in [5, 5.41) is 14.5. The van der Waals surface area contributed by atoms with Crippen molar-refractivity contribution in [3.05, 3.63) is 39.4 Å². The summed E-state index contributed by atoms with van der Waals surface area (Å²) in [7, 11) is 0. The van der Waals surface area contributed by atoms with Gasteiger partial charge in [0.05, 0.1) is 16.3 Å². The van der Waals surface area contributed by atoms with Crippen LogP contribution in [0.4, 0.5) is 5.82 Å². The number of rotatable bonds is 4. The standard InChI is InChI=1S/C22H26ClN5O3/c1-10-9-15(23)18(29)12(3)17(10)28-19(24)16(20(25)30)14-8-11(2)22(27-21(14)28)31-13-4-6-26-7-5-13/h8-9,13,26,29H,4-7,24H2,1-3H3,(H2,25,30). The lowest BCUT2D eigenvalue weighted by Crippen LogP contribution is -2.34. The third-order valence-corrected chi connectivity index (χ3v) is 6.10. The lowest BCUT2D eigenvalue weighted by molar-refractivity contribution is 0.100. The Balaban J connectivity index is 1.99. The molecule has 31 heavy (non-hydrogen) atoms. The number of pyridine rings is 1. The number of ether oxygens (including phenoxy) is 1. The van der Waals surface area contributed by atoms with E-state index in [-0.39, 0.29) is 28.3 Å². The van der Waals surface area contributed by atoms with Gasteiger partial charge in [-0.15, -0.1) is 0 Å². The minimum Gasteiger partial charge on any atom is -0.506 e. The van der Waals surface area contributed by atoms with Gasteiger partial charge in [0.25, 0.3) is 5.91 Å². The summed E-state index contributed by atoms with van der Waals surface area (Å²) in [6, 6.07) is 3.47. The number of anilines is 1. The first kappa shape index (κ1) is 21.3. The molecule has 6 N–H and O–H groups in total. The van der Waals surface area contributed by atoms with Crippen LogP contribution in [-0.2, 0) is 0 Å². The molecule has 1 fully saturated rings. The number of amides is 1. The van der Waals surface area contributed by atoms with Crippen LogP contribution in [0.2, 0.25) is 5.02 Å². The zero-order valence-electron chi connectivity index (χ0n) is 17.8. The lowest BCUT2D eigenvalue weighted by Gasteiger charge is -2.24. The number of aromatic hydroxyl groups is 1. The number of nitrogens with two attached hydrogens (primary N) is 2. The Hall–Kier alpha value is -2.97. The van der Waals surface area contributed by atoms with Gasteiger partial charge in [-0.3, -0.25) is 9.36 Å². The fraction of sp³-hybridized carbons (Fsp3) is 0.364. The second-order valence-corrected chi connectivity index (χ2v) is 8.41. The van der Waals surface area contributed by atoms with Crippen molar-refractivity contribution in [2.45, 2.75) is 39.7 Å². The van der Waals surface area contributed by atoms with Gasteiger partial charge in [0.1, 0.15) is 17.7 Å². The van der Waals surface area contributed by atoms with Gasteiger partial charge in [0, 0.05) is 16.5 Å². The molecule has 3 heterocycles. The summed E-state index contributed by atoms with van der Waals surface area (Å²) in [6.07, 6.45) is 1.83. The summed E-state index contributed by atoms with van der Waals surface area (Å²) < 4.78 is 7.85. The molecule has 0 spiro atoms. The second-order valence-electron chi connectivity index (χ2n) is 8.01. The molecule has 8 nitrogen and oxygen atoms in total. The Morgan fingerprint density at radius 1 is 1.26 bits per heavy atom. The number of benzene rings is 1. The van der Waals surface area contributed by atoms with Crippen LogP contribution in [0.25, 0.3) is 16.7 Å². The molecule has 1 aliphatic heterocycles. The number of hydrogen-bond donors (Lipinski definition) is 4. The highest BCUT2D eigenvalue weighted by Gasteiger charge is 2.26. The molecule has 1 amide bonds. The van der Waals surface area contributed by atoms with Crippen LogP contribution >= 0.6 is 11.6 Å². The van der Waals surface area contributed by atoms with Gasteiger partial charge in [-0.2, -0.15) is 4.98 Å². The smallest absolute Gasteiger partial charge is 0.253 e. The molecule has 0 radical (unpaired) electrons. The van der Waals surface area contributed by atoms with Crippen molar-refractivity contribution in [2.75, 3.05) is 18.8 Å². The molecule has 3 aromatic rings. The van der Waals surface area contributed by atoms with Crippen LogP contribution in [0.1, 0.15) is 39.9 Å². The summed E-state index contributed by atoms with van der Waals surface area (Å²) in [4.78, 5) is 17.0. The maximum absolute atomic E-state index is 12.3. The highest BCUT2D eigenvalue weighted by atomic mass is 35.5. The molecule has 9 heteroatoms. The van der Waals surface area contributed by atoms with Crippen LogP contribution in [0, 0.1) is 20.8 Å². The number of phenolic OH excluding ortho intramolecular Hbond substituents is 1. The number of nitrogen functional groups attached to an aromatic ring is 1. The fourth-order valence-corrected chi connectivity index (χ4v) is 4.54. The van der Waals surface area contributed by atoms with Crippen molar-refractivity contribution in [3.8, 4) is 17.3 Å². The molecule has 0 unspecified atom stereocenters. The molecule has 0 saturated carbocycles. The minimum atomic E-state index is -0.650. The molecule has 2 aromatic heterocycles. The normalized spacial score (nSPS) is 14.8. The highest BCUT2D eigenvalue weighted by Crippen LogP contribution is 2.40. The van der Waals surface area contributed by atoms with Crippen molar-refractivity contribution in [1.82, 2.24) is 14.9 Å². The molecule has 4 rings (SSSR count). The topological polar surface area (TPSA) is 128 Å². The lowest BCUT2D eigenvalue weighted by atomic mass is 10.1. The number of carbonyl (C=O) groups excluding carboxylic acids is 1. The van der Waals surface area contributed by atoms with Crippen molar-refractivity contribution >= 4 is 34.4 Å². The van der Waals surface area contributed by atoms with Gasteiger partial charge in [-0.05, 0) is 64.4 Å². The quantitative estimate of drug-likeness (QED) is 0.490. The summed E-state index contributed by atoms with van der Waals surface area (Å²) >= 11 is 6.14. The number of aromatic nitrogens is 2. The van der Waals surface area contributed by atoms with Crippen molar-refractivity contribution in [2.24, 2.45) is 5.73 Å². The number of nitrogens with one attached hydrogen (secondary N) is 1. The first-order valence-corrected chi connectivity index (χ1v) is 10.6. The van der Waals surface area contributed by atoms with Gasteiger partial charge in [-0.25, -0.2) is 0 Å². The number of carbonyl (C=O) groups is 1. The fourth-order valence-electron chi connectivity index (χ4n) is 4.24. The number of piperidine rings is 1. The third kappa shape index (κ3) is 3.55. The summed E-state index contributed by atoms with van der Waals surface area (Å²) in [5.41, 5.74) is 15.4. The first-order chi connectivity index (χ1) is 14.7. The van der Waals surface area contributed by atoms with Gasteiger partial charge in [0.15, 0.2) is 5.65 Å². The number of halogens is 1. The first-order valence-electron chi connectivity index (χ1n) is 10.2. The predicted octanol–water partition coefficient (Wildman–Crippen LogP) is 3.12. The van der Waals surface area contributed by atoms with E-state index in [1.807, 2.05) is 19.9 Å². The number of hydrogen-bond acceptors (Lipinski definition) is 6. The van der Waals surface area contributed by atoms with E-state index in [2.05, 4.69) is 5.32 Å². The van der Waals surface area contributed by atoms with E-state index in [9.17, 15) is 9.90 Å². The average Bonchev–Trinajstić information content (AvgIpc) is 2.99. The van der Waals surface area contributed by atoms with Crippen molar-refractivity contribution in [1.29, 1.82) is 0 Å². The average molecular weight is 444 g/mol. The number of aryl methyl sites for hydroxylation is 2. The molecular weight excluding hydrogens is 418 g/mol. The van der Waals surface area contributed by atoms with Crippen LogP contribution in [0.15, 0.2) is 12.1 Å². The van der Waals surface area contributed by atoms with Gasteiger partial charge < -0.3 is 26.6 Å². The minimum absolute atomic E-state index is 0.0533. The molecule has 1 aromatic carbocycles. The van der Waals surface area contributed by atoms with Gasteiger partial charge in [0.2, 0.25) is 5.88 Å². The van der Waals surface area contributed by atoms with E-state index < -0.39 is 5.91 Å². The van der Waals surface area contributed by atoms with E-state index >= 15 is 0 Å². The summed E-state index contributed by atoms with van der Waals surface area (Å²) in [5.74, 6) is -0.0607.